The molecule has 0 bridgehead atoms. The first-order valence-electron chi connectivity index (χ1n) is 7.37. The van der Waals surface area contributed by atoms with E-state index in [0.717, 1.165) is 17.1 Å². The van der Waals surface area contributed by atoms with Gasteiger partial charge in [0.25, 0.3) is 0 Å². The zero-order valence-corrected chi connectivity index (χ0v) is 14.7. The third kappa shape index (κ3) is 3.76. The lowest BCUT2D eigenvalue weighted by Crippen LogP contribution is -2.02. The molecule has 6 heteroatoms. The molecule has 24 heavy (non-hydrogen) atoms. The van der Waals surface area contributed by atoms with Gasteiger partial charge in [-0.15, -0.1) is 0 Å². The number of hydrogen-bond acceptors (Lipinski definition) is 3. The highest BCUT2D eigenvalue weighted by atomic mass is 35.5. The lowest BCUT2D eigenvalue weighted by atomic mass is 10.2. The molecule has 0 amide bonds. The summed E-state index contributed by atoms with van der Waals surface area (Å²) < 4.78 is 1.98. The van der Waals surface area contributed by atoms with Gasteiger partial charge in [0.15, 0.2) is 0 Å². The summed E-state index contributed by atoms with van der Waals surface area (Å²) in [6, 6.07) is 7.19. The molecule has 3 aromatic heterocycles. The molecule has 0 N–H and O–H groups in total. The lowest BCUT2D eigenvalue weighted by molar-refractivity contribution is 0.750. The molecule has 120 valence electrons. The predicted molar refractivity (Wildman–Crippen MR) is 95.7 cm³/mol. The minimum absolute atomic E-state index is 0.242. The Balaban J connectivity index is 1.99. The Kier molecular flexibility index (Phi) is 4.84. The van der Waals surface area contributed by atoms with E-state index in [1.54, 1.807) is 24.5 Å². The van der Waals surface area contributed by atoms with E-state index in [1.807, 2.05) is 22.9 Å². The molecule has 0 saturated carbocycles. The smallest absolute Gasteiger partial charge is 0.132 e. The number of halogens is 2. The first kappa shape index (κ1) is 16.5. The molecule has 0 aliphatic carbocycles. The van der Waals surface area contributed by atoms with Crippen LogP contribution >= 0.6 is 23.2 Å². The van der Waals surface area contributed by atoms with Crippen LogP contribution in [0, 0.1) is 11.8 Å². The Morgan fingerprint density at radius 1 is 1.04 bits per heavy atom. The summed E-state index contributed by atoms with van der Waals surface area (Å²) in [5.74, 6) is 7.28. The predicted octanol–water partition coefficient (Wildman–Crippen LogP) is 4.49. The summed E-state index contributed by atoms with van der Waals surface area (Å²) in [6.45, 7) is 4.17. The molecular formula is C18H14Cl2N4. The summed E-state index contributed by atoms with van der Waals surface area (Å²) in [4.78, 5) is 12.7. The quantitative estimate of drug-likeness (QED) is 0.501. The summed E-state index contributed by atoms with van der Waals surface area (Å²) in [5, 5.41) is 0.877. The molecule has 0 atom stereocenters. The van der Waals surface area contributed by atoms with Gasteiger partial charge in [0.2, 0.25) is 0 Å². The Labute approximate surface area is 150 Å². The first-order valence-corrected chi connectivity index (χ1v) is 8.13. The van der Waals surface area contributed by atoms with E-state index in [-0.39, 0.29) is 5.92 Å². The summed E-state index contributed by atoms with van der Waals surface area (Å²) >= 11 is 11.7. The van der Waals surface area contributed by atoms with E-state index in [9.17, 15) is 0 Å². The molecular weight excluding hydrogens is 343 g/mol. The molecule has 0 unspecified atom stereocenters. The van der Waals surface area contributed by atoms with Crippen LogP contribution in [0.4, 0.5) is 0 Å². The number of pyridine rings is 2. The minimum Gasteiger partial charge on any atom is -0.301 e. The largest absolute Gasteiger partial charge is 0.301 e. The van der Waals surface area contributed by atoms with Crippen molar-refractivity contribution in [3.8, 4) is 17.5 Å². The zero-order chi connectivity index (χ0) is 17.1. The van der Waals surface area contributed by atoms with E-state index in [1.165, 1.54) is 0 Å². The average Bonchev–Trinajstić information content (AvgIpc) is 2.98. The van der Waals surface area contributed by atoms with E-state index in [0.29, 0.717) is 16.0 Å². The van der Waals surface area contributed by atoms with E-state index in [2.05, 4.69) is 40.6 Å². The van der Waals surface area contributed by atoms with Crippen LogP contribution in [0.25, 0.3) is 5.69 Å². The molecule has 0 aromatic carbocycles. The summed E-state index contributed by atoms with van der Waals surface area (Å²) in [5.41, 5.74) is 2.38. The monoisotopic (exact) mass is 356 g/mol. The van der Waals surface area contributed by atoms with Crippen molar-refractivity contribution in [1.82, 2.24) is 19.5 Å². The van der Waals surface area contributed by atoms with Crippen LogP contribution in [-0.2, 0) is 0 Å². The van der Waals surface area contributed by atoms with Crippen molar-refractivity contribution in [2.24, 2.45) is 0 Å². The van der Waals surface area contributed by atoms with Crippen molar-refractivity contribution in [3.05, 3.63) is 70.2 Å². The van der Waals surface area contributed by atoms with Gasteiger partial charge in [0, 0.05) is 23.9 Å². The van der Waals surface area contributed by atoms with Crippen LogP contribution in [0.3, 0.4) is 0 Å². The lowest BCUT2D eigenvalue weighted by Gasteiger charge is -2.09. The van der Waals surface area contributed by atoms with Gasteiger partial charge in [0.05, 0.1) is 11.9 Å². The second-order valence-electron chi connectivity index (χ2n) is 5.47. The van der Waals surface area contributed by atoms with Gasteiger partial charge >= 0.3 is 0 Å². The first-order chi connectivity index (χ1) is 11.5. The van der Waals surface area contributed by atoms with Crippen LogP contribution in [-0.4, -0.2) is 19.5 Å². The van der Waals surface area contributed by atoms with Gasteiger partial charge in [-0.2, -0.15) is 0 Å². The van der Waals surface area contributed by atoms with Gasteiger partial charge in [-0.05, 0) is 30.2 Å². The van der Waals surface area contributed by atoms with E-state index in [4.69, 9.17) is 23.2 Å². The molecule has 0 aliphatic rings. The van der Waals surface area contributed by atoms with Gasteiger partial charge in [-0.25, -0.2) is 15.0 Å². The highest BCUT2D eigenvalue weighted by Crippen LogP contribution is 2.20. The topological polar surface area (TPSA) is 43.6 Å². The molecule has 0 fully saturated rings. The zero-order valence-electron chi connectivity index (χ0n) is 13.2. The summed E-state index contributed by atoms with van der Waals surface area (Å²) in [7, 11) is 0. The van der Waals surface area contributed by atoms with Crippen molar-refractivity contribution in [2.75, 3.05) is 0 Å². The molecule has 4 nitrogen and oxygen atoms in total. The Hall–Kier alpha value is -2.35. The maximum atomic E-state index is 5.87. The van der Waals surface area contributed by atoms with Gasteiger partial charge in [-0.1, -0.05) is 43.0 Å². The second-order valence-corrected chi connectivity index (χ2v) is 6.24. The molecule has 0 saturated heterocycles. The minimum atomic E-state index is 0.242. The van der Waals surface area contributed by atoms with E-state index >= 15 is 0 Å². The number of rotatable bonds is 2. The third-order valence-corrected chi connectivity index (χ3v) is 3.73. The molecule has 0 aliphatic heterocycles. The van der Waals surface area contributed by atoms with Gasteiger partial charge < -0.3 is 4.57 Å². The Bertz CT molecular complexity index is 918. The Morgan fingerprint density at radius 2 is 1.88 bits per heavy atom. The standard InChI is InChI=1S/C18H14Cl2N4/c1-12(2)18-23-14(4-3-13-7-8-21-17(20)9-13)11-24(18)15-5-6-16(19)22-10-15/h5-12H,1-2H3. The fourth-order valence-electron chi connectivity index (χ4n) is 2.20. The SMILES string of the molecule is CC(C)c1nc(C#Cc2ccnc(Cl)c2)cn1-c1ccc(Cl)nc1. The number of imidazole rings is 1. The van der Waals surface area contributed by atoms with Crippen molar-refractivity contribution < 1.29 is 0 Å². The van der Waals surface area contributed by atoms with Crippen LogP contribution in [0.15, 0.2) is 42.9 Å². The van der Waals surface area contributed by atoms with Crippen molar-refractivity contribution in [2.45, 2.75) is 19.8 Å². The van der Waals surface area contributed by atoms with Crippen LogP contribution in [0.1, 0.15) is 36.8 Å². The van der Waals surface area contributed by atoms with Crippen molar-refractivity contribution in [3.63, 3.8) is 0 Å². The molecule has 3 aromatic rings. The Morgan fingerprint density at radius 3 is 2.54 bits per heavy atom. The number of nitrogens with zero attached hydrogens (tertiary/aromatic N) is 4. The second kappa shape index (κ2) is 7.04. The maximum Gasteiger partial charge on any atom is 0.132 e. The van der Waals surface area contributed by atoms with Crippen molar-refractivity contribution in [1.29, 1.82) is 0 Å². The number of aromatic nitrogens is 4. The van der Waals surface area contributed by atoms with Gasteiger partial charge in [0.1, 0.15) is 21.8 Å². The average molecular weight is 357 g/mol. The summed E-state index contributed by atoms with van der Waals surface area (Å²) in [6.07, 6.45) is 5.25. The van der Waals surface area contributed by atoms with Crippen molar-refractivity contribution >= 4 is 23.2 Å². The third-order valence-electron chi connectivity index (χ3n) is 3.30. The van der Waals surface area contributed by atoms with Crippen LogP contribution in [0.5, 0.6) is 0 Å². The fourth-order valence-corrected chi connectivity index (χ4v) is 2.48. The highest BCUT2D eigenvalue weighted by molar-refractivity contribution is 6.29. The van der Waals surface area contributed by atoms with Gasteiger partial charge in [-0.3, -0.25) is 0 Å². The maximum absolute atomic E-state index is 5.87. The molecule has 3 rings (SSSR count). The number of hydrogen-bond donors (Lipinski definition) is 0. The highest BCUT2D eigenvalue weighted by Gasteiger charge is 2.12. The van der Waals surface area contributed by atoms with Crippen LogP contribution < -0.4 is 0 Å². The normalized spacial score (nSPS) is 10.5. The molecule has 3 heterocycles. The fraction of sp³-hybridized carbons (Fsp3) is 0.167. The molecule has 0 radical (unpaired) electrons. The molecule has 0 spiro atoms. The van der Waals surface area contributed by atoms with E-state index < -0.39 is 0 Å². The van der Waals surface area contributed by atoms with Crippen LogP contribution in [0.2, 0.25) is 10.3 Å².